The smallest absolute Gasteiger partial charge is 0.146 e. The van der Waals surface area contributed by atoms with Gasteiger partial charge >= 0.3 is 0 Å². The fourth-order valence-corrected chi connectivity index (χ4v) is 1.45. The van der Waals surface area contributed by atoms with E-state index in [4.69, 9.17) is 8.85 Å². The molecule has 0 aliphatic rings. The fourth-order valence-electron chi connectivity index (χ4n) is 0.788. The van der Waals surface area contributed by atoms with E-state index in [2.05, 4.69) is 4.90 Å². The van der Waals surface area contributed by atoms with Gasteiger partial charge < -0.3 is 13.8 Å². The topological polar surface area (TPSA) is 21.7 Å². The van der Waals surface area contributed by atoms with Crippen molar-refractivity contribution in [2.75, 3.05) is 27.2 Å². The minimum atomic E-state index is 0.291. The van der Waals surface area contributed by atoms with Crippen molar-refractivity contribution in [3.8, 4) is 0 Å². The Bertz CT molecular complexity index is 82.0. The Morgan fingerprint density at radius 2 is 2.00 bits per heavy atom. The summed E-state index contributed by atoms with van der Waals surface area (Å²) in [6.45, 7) is 1.72. The molecule has 0 rings (SSSR count). The van der Waals surface area contributed by atoms with Crippen molar-refractivity contribution in [3.63, 3.8) is 0 Å². The molecule has 0 saturated carbocycles. The third-order valence-electron chi connectivity index (χ3n) is 1.25. The molecule has 1 atom stereocenters. The first-order chi connectivity index (χ1) is 4.70. The molecule has 3 nitrogen and oxygen atoms in total. The second-order valence-corrected chi connectivity index (χ2v) is 3.62. The lowest BCUT2D eigenvalue weighted by atomic mass is 10.4. The predicted molar refractivity (Wildman–Crippen MR) is 49.3 cm³/mol. The first-order valence-corrected chi connectivity index (χ1v) is 5.00. The van der Waals surface area contributed by atoms with Gasteiger partial charge in [-0.25, -0.2) is 0 Å². The highest BCUT2D eigenvalue weighted by Crippen LogP contribution is 1.90. The predicted octanol–water partition coefficient (Wildman–Crippen LogP) is -2.49. The molecule has 0 aliphatic carbocycles. The zero-order chi connectivity index (χ0) is 7.98. The Kier molecular flexibility index (Phi) is 6.24. The second kappa shape index (κ2) is 6.05. The van der Waals surface area contributed by atoms with E-state index in [1.165, 1.54) is 0 Å². The van der Waals surface area contributed by atoms with Crippen LogP contribution in [0.5, 0.6) is 0 Å². The van der Waals surface area contributed by atoms with E-state index in [1.54, 1.807) is 0 Å². The first kappa shape index (κ1) is 10.3. The summed E-state index contributed by atoms with van der Waals surface area (Å²) in [4.78, 5) is 2.11. The summed E-state index contributed by atoms with van der Waals surface area (Å²) in [5.41, 5.74) is 0. The van der Waals surface area contributed by atoms with Gasteiger partial charge in [-0.2, -0.15) is 0 Å². The van der Waals surface area contributed by atoms with E-state index >= 15 is 0 Å². The molecule has 0 amide bonds. The average molecular weight is 179 g/mol. The minimum absolute atomic E-state index is 0.291. The molecular formula is C5H17NO2Si2. The van der Waals surface area contributed by atoms with E-state index in [1.807, 2.05) is 14.1 Å². The lowest BCUT2D eigenvalue weighted by Crippen LogP contribution is -2.31. The van der Waals surface area contributed by atoms with Gasteiger partial charge in [0.05, 0.1) is 12.7 Å². The van der Waals surface area contributed by atoms with Gasteiger partial charge in [-0.15, -0.1) is 0 Å². The molecule has 0 bridgehead atoms. The standard InChI is InChI=1S/C5H17NO2Si2/c1-6(2)3-5(8-10)4-7-9/h5H,3-4H2,1-2,9-10H3. The van der Waals surface area contributed by atoms with Gasteiger partial charge in [0.15, 0.2) is 0 Å². The van der Waals surface area contributed by atoms with Gasteiger partial charge in [0.1, 0.15) is 21.0 Å². The highest BCUT2D eigenvalue weighted by Gasteiger charge is 2.05. The maximum Gasteiger partial charge on any atom is 0.146 e. The molecule has 0 aromatic rings. The highest BCUT2D eigenvalue weighted by molar-refractivity contribution is 5.98. The van der Waals surface area contributed by atoms with Crippen LogP contribution in [0.1, 0.15) is 0 Å². The van der Waals surface area contributed by atoms with Crippen LogP contribution in [0.25, 0.3) is 0 Å². The number of hydrogen-bond acceptors (Lipinski definition) is 3. The molecule has 10 heavy (non-hydrogen) atoms. The molecule has 62 valence electrons. The monoisotopic (exact) mass is 179 g/mol. The van der Waals surface area contributed by atoms with Crippen LogP contribution >= 0.6 is 0 Å². The molecular weight excluding hydrogens is 162 g/mol. The minimum Gasteiger partial charge on any atom is -0.425 e. The van der Waals surface area contributed by atoms with Crippen LogP contribution in [-0.2, 0) is 8.85 Å². The summed E-state index contributed by atoms with van der Waals surface area (Å²) in [5, 5.41) is 0. The van der Waals surface area contributed by atoms with Crippen molar-refractivity contribution in [3.05, 3.63) is 0 Å². The van der Waals surface area contributed by atoms with Crippen molar-refractivity contribution < 1.29 is 8.85 Å². The molecule has 0 aromatic carbocycles. The Labute approximate surface area is 68.8 Å². The Morgan fingerprint density at radius 3 is 2.30 bits per heavy atom. The van der Waals surface area contributed by atoms with E-state index in [-0.39, 0.29) is 0 Å². The zero-order valence-corrected chi connectivity index (χ0v) is 11.3. The lowest BCUT2D eigenvalue weighted by Gasteiger charge is -2.19. The maximum atomic E-state index is 5.30. The highest BCUT2D eigenvalue weighted by atomic mass is 28.2. The summed E-state index contributed by atoms with van der Waals surface area (Å²) in [5.74, 6) is 0. The van der Waals surface area contributed by atoms with Crippen molar-refractivity contribution in [2.45, 2.75) is 6.10 Å². The summed E-state index contributed by atoms with van der Waals surface area (Å²) < 4.78 is 10.4. The fraction of sp³-hybridized carbons (Fsp3) is 1.00. The third kappa shape index (κ3) is 5.13. The SMILES string of the molecule is CN(C)CC(CO[SiH3])O[SiH3]. The van der Waals surface area contributed by atoms with Gasteiger partial charge in [0.2, 0.25) is 0 Å². The van der Waals surface area contributed by atoms with Gasteiger partial charge in [-0.3, -0.25) is 0 Å². The molecule has 0 aliphatic heterocycles. The number of rotatable bonds is 5. The maximum absolute atomic E-state index is 5.30. The van der Waals surface area contributed by atoms with Crippen molar-refractivity contribution in [1.29, 1.82) is 0 Å². The molecule has 0 spiro atoms. The number of likely N-dealkylation sites (N-methyl/N-ethyl adjacent to an activating group) is 1. The second-order valence-electron chi connectivity index (χ2n) is 2.58. The summed E-state index contributed by atoms with van der Waals surface area (Å²) in [6.07, 6.45) is 0.291. The third-order valence-corrected chi connectivity index (χ3v) is 2.25. The number of hydrogen-bond donors (Lipinski definition) is 0. The van der Waals surface area contributed by atoms with Crippen LogP contribution in [0.4, 0.5) is 0 Å². The Morgan fingerprint density at radius 1 is 1.40 bits per heavy atom. The summed E-state index contributed by atoms with van der Waals surface area (Å²) in [6, 6.07) is 0. The van der Waals surface area contributed by atoms with Crippen molar-refractivity contribution in [1.82, 2.24) is 4.90 Å². The van der Waals surface area contributed by atoms with Crippen LogP contribution in [0.2, 0.25) is 0 Å². The van der Waals surface area contributed by atoms with Crippen LogP contribution in [-0.4, -0.2) is 59.2 Å². The summed E-state index contributed by atoms with van der Waals surface area (Å²) >= 11 is 0. The molecule has 0 N–H and O–H groups in total. The van der Waals surface area contributed by atoms with Crippen LogP contribution in [0.3, 0.4) is 0 Å². The molecule has 0 radical (unpaired) electrons. The molecule has 0 aromatic heterocycles. The molecule has 5 heteroatoms. The quantitative estimate of drug-likeness (QED) is 0.436. The van der Waals surface area contributed by atoms with Gasteiger partial charge in [0.25, 0.3) is 0 Å². The lowest BCUT2D eigenvalue weighted by molar-refractivity contribution is 0.117. The molecule has 0 saturated heterocycles. The van der Waals surface area contributed by atoms with Crippen LogP contribution in [0, 0.1) is 0 Å². The molecule has 0 fully saturated rings. The van der Waals surface area contributed by atoms with E-state index in [9.17, 15) is 0 Å². The largest absolute Gasteiger partial charge is 0.425 e. The normalized spacial score (nSPS) is 14.7. The number of nitrogens with zero attached hydrogens (tertiary/aromatic N) is 1. The average Bonchev–Trinajstić information content (AvgIpc) is 1.86. The van der Waals surface area contributed by atoms with E-state index in [0.717, 1.165) is 34.1 Å². The van der Waals surface area contributed by atoms with Gasteiger partial charge in [-0.05, 0) is 14.1 Å². The zero-order valence-electron chi connectivity index (χ0n) is 7.26. The van der Waals surface area contributed by atoms with Crippen molar-refractivity contribution >= 4 is 21.0 Å². The van der Waals surface area contributed by atoms with Crippen LogP contribution in [0.15, 0.2) is 0 Å². The van der Waals surface area contributed by atoms with Crippen LogP contribution < -0.4 is 0 Å². The van der Waals surface area contributed by atoms with E-state index < -0.39 is 0 Å². The van der Waals surface area contributed by atoms with Gasteiger partial charge in [0, 0.05) is 6.54 Å². The van der Waals surface area contributed by atoms with E-state index in [0.29, 0.717) is 6.10 Å². The summed E-state index contributed by atoms with van der Waals surface area (Å²) in [7, 11) is 5.69. The Hall–Kier alpha value is 0.314. The first-order valence-electron chi connectivity index (χ1n) is 3.37. The van der Waals surface area contributed by atoms with Crippen molar-refractivity contribution in [2.24, 2.45) is 0 Å². The van der Waals surface area contributed by atoms with Gasteiger partial charge in [-0.1, -0.05) is 0 Å². The Balaban J connectivity index is 3.39. The molecule has 0 heterocycles. The molecule has 1 unspecified atom stereocenters.